The van der Waals surface area contributed by atoms with Gasteiger partial charge in [-0.2, -0.15) is 0 Å². The SMILES string of the molecule is CC(=O)N1CCc2cc(S(=O)(=O)[C@@H](C)CC(=O)N3CCN(c4ccc(C)cc4C)CC3)ccc21. The van der Waals surface area contributed by atoms with E-state index in [2.05, 4.69) is 36.9 Å². The molecule has 2 aliphatic rings. The lowest BCUT2D eigenvalue weighted by Crippen LogP contribution is -2.49. The lowest BCUT2D eigenvalue weighted by Gasteiger charge is -2.37. The van der Waals surface area contributed by atoms with Crippen molar-refractivity contribution in [3.05, 3.63) is 53.1 Å². The fourth-order valence-corrected chi connectivity index (χ4v) is 6.35. The molecule has 8 heteroatoms. The average Bonchev–Trinajstić information content (AvgIpc) is 3.23. The first-order chi connectivity index (χ1) is 16.1. The molecule has 1 atom stereocenters. The largest absolute Gasteiger partial charge is 0.368 e. The molecule has 1 fully saturated rings. The van der Waals surface area contributed by atoms with Gasteiger partial charge in [0.05, 0.1) is 10.1 Å². The number of fused-ring (bicyclic) bond motifs is 1. The minimum Gasteiger partial charge on any atom is -0.368 e. The van der Waals surface area contributed by atoms with E-state index in [1.165, 1.54) is 23.7 Å². The van der Waals surface area contributed by atoms with Crippen molar-refractivity contribution in [2.45, 2.75) is 50.7 Å². The molecule has 0 radical (unpaired) electrons. The van der Waals surface area contributed by atoms with Crippen LogP contribution < -0.4 is 9.80 Å². The molecule has 1 saturated heterocycles. The number of hydrogen-bond acceptors (Lipinski definition) is 5. The molecule has 0 unspecified atom stereocenters. The molecule has 0 N–H and O–H groups in total. The summed E-state index contributed by atoms with van der Waals surface area (Å²) >= 11 is 0. The Morgan fingerprint density at radius 1 is 0.941 bits per heavy atom. The van der Waals surface area contributed by atoms with Gasteiger partial charge in [0, 0.05) is 57.4 Å². The number of aryl methyl sites for hydroxylation is 2. The second kappa shape index (κ2) is 9.41. The van der Waals surface area contributed by atoms with Gasteiger partial charge in [-0.05, 0) is 62.6 Å². The smallest absolute Gasteiger partial charge is 0.224 e. The van der Waals surface area contributed by atoms with Crippen molar-refractivity contribution in [2.24, 2.45) is 0 Å². The minimum atomic E-state index is -3.66. The van der Waals surface area contributed by atoms with E-state index >= 15 is 0 Å². The summed E-state index contributed by atoms with van der Waals surface area (Å²) in [6.45, 7) is 10.5. The molecule has 7 nitrogen and oxygen atoms in total. The van der Waals surface area contributed by atoms with Crippen molar-refractivity contribution >= 4 is 33.0 Å². The Morgan fingerprint density at radius 2 is 1.62 bits per heavy atom. The third-order valence-electron chi connectivity index (χ3n) is 6.97. The van der Waals surface area contributed by atoms with Gasteiger partial charge in [-0.3, -0.25) is 9.59 Å². The quantitative estimate of drug-likeness (QED) is 0.653. The van der Waals surface area contributed by atoms with Crippen LogP contribution in [0.15, 0.2) is 41.3 Å². The van der Waals surface area contributed by atoms with Crippen LogP contribution in [0.3, 0.4) is 0 Å². The number of benzene rings is 2. The van der Waals surface area contributed by atoms with E-state index < -0.39 is 15.1 Å². The Bertz CT molecular complexity index is 1220. The third-order valence-corrected chi connectivity index (χ3v) is 9.11. The van der Waals surface area contributed by atoms with E-state index in [0.29, 0.717) is 26.1 Å². The molecule has 34 heavy (non-hydrogen) atoms. The highest BCUT2D eigenvalue weighted by molar-refractivity contribution is 7.92. The molecule has 182 valence electrons. The van der Waals surface area contributed by atoms with Gasteiger partial charge in [0.25, 0.3) is 0 Å². The van der Waals surface area contributed by atoms with Crippen molar-refractivity contribution < 1.29 is 18.0 Å². The molecular formula is C26H33N3O4S. The number of hydrogen-bond donors (Lipinski definition) is 0. The highest BCUT2D eigenvalue weighted by atomic mass is 32.2. The molecule has 2 aromatic carbocycles. The second-order valence-corrected chi connectivity index (χ2v) is 11.8. The first kappa shape index (κ1) is 24.3. The predicted molar refractivity (Wildman–Crippen MR) is 134 cm³/mol. The van der Waals surface area contributed by atoms with Gasteiger partial charge in [0.15, 0.2) is 9.84 Å². The maximum Gasteiger partial charge on any atom is 0.224 e. The van der Waals surface area contributed by atoms with E-state index in [-0.39, 0.29) is 23.1 Å². The van der Waals surface area contributed by atoms with E-state index in [0.717, 1.165) is 24.3 Å². The maximum atomic E-state index is 13.2. The number of nitrogens with zero attached hydrogens (tertiary/aromatic N) is 3. The van der Waals surface area contributed by atoms with Crippen LogP contribution in [0.2, 0.25) is 0 Å². The fourth-order valence-electron chi connectivity index (χ4n) is 4.96. The molecule has 0 bridgehead atoms. The molecule has 0 aliphatic carbocycles. The summed E-state index contributed by atoms with van der Waals surface area (Å²) in [4.78, 5) is 30.7. The fraction of sp³-hybridized carbons (Fsp3) is 0.462. The van der Waals surface area contributed by atoms with Gasteiger partial charge in [-0.1, -0.05) is 17.7 Å². The minimum absolute atomic E-state index is 0.0391. The summed E-state index contributed by atoms with van der Waals surface area (Å²) in [5.74, 6) is -0.175. The van der Waals surface area contributed by atoms with Crippen LogP contribution in [0.25, 0.3) is 0 Å². The van der Waals surface area contributed by atoms with Gasteiger partial charge >= 0.3 is 0 Å². The standard InChI is InChI=1S/C26H33N3O4S/c1-18-5-7-24(19(2)15-18)27-11-13-28(14-12-27)26(31)16-20(3)34(32,33)23-6-8-25-22(17-23)9-10-29(25)21(4)30/h5-8,15,17,20H,9-14,16H2,1-4H3/t20-/m0/s1. The molecule has 2 aromatic rings. The number of carbonyl (C=O) groups excluding carboxylic acids is 2. The van der Waals surface area contributed by atoms with Crippen LogP contribution in [0.1, 0.15) is 37.0 Å². The summed E-state index contributed by atoms with van der Waals surface area (Å²) in [5, 5.41) is -0.819. The van der Waals surface area contributed by atoms with Gasteiger partial charge in [-0.15, -0.1) is 0 Å². The molecular weight excluding hydrogens is 450 g/mol. The molecule has 2 heterocycles. The van der Waals surface area contributed by atoms with E-state index in [4.69, 9.17) is 0 Å². The summed E-state index contributed by atoms with van der Waals surface area (Å²) in [6.07, 6.45) is 0.596. The van der Waals surface area contributed by atoms with Crippen molar-refractivity contribution in [3.63, 3.8) is 0 Å². The Balaban J connectivity index is 1.38. The molecule has 2 aliphatic heterocycles. The first-order valence-corrected chi connectivity index (χ1v) is 13.4. The topological polar surface area (TPSA) is 78.0 Å². The number of amides is 2. The molecule has 0 saturated carbocycles. The van der Waals surface area contributed by atoms with Crippen LogP contribution in [-0.4, -0.2) is 63.1 Å². The summed E-state index contributed by atoms with van der Waals surface area (Å²) < 4.78 is 26.4. The van der Waals surface area contributed by atoms with E-state index in [1.807, 2.05) is 0 Å². The monoisotopic (exact) mass is 483 g/mol. The predicted octanol–water partition coefficient (Wildman–Crippen LogP) is 3.11. The maximum absolute atomic E-state index is 13.2. The van der Waals surface area contributed by atoms with Crippen molar-refractivity contribution in [1.29, 1.82) is 0 Å². The van der Waals surface area contributed by atoms with Crippen molar-refractivity contribution in [3.8, 4) is 0 Å². The number of rotatable bonds is 5. The normalized spacial score (nSPS) is 17.0. The van der Waals surface area contributed by atoms with Crippen LogP contribution in [0.5, 0.6) is 0 Å². The van der Waals surface area contributed by atoms with Crippen LogP contribution >= 0.6 is 0 Å². The highest BCUT2D eigenvalue weighted by Gasteiger charge is 2.31. The van der Waals surface area contributed by atoms with Gasteiger partial charge < -0.3 is 14.7 Å². The van der Waals surface area contributed by atoms with Crippen LogP contribution in [0.4, 0.5) is 11.4 Å². The van der Waals surface area contributed by atoms with Crippen molar-refractivity contribution in [1.82, 2.24) is 4.90 Å². The number of carbonyl (C=O) groups is 2. The van der Waals surface area contributed by atoms with Crippen molar-refractivity contribution in [2.75, 3.05) is 42.5 Å². The van der Waals surface area contributed by atoms with Gasteiger partial charge in [-0.25, -0.2) is 8.42 Å². The molecule has 4 rings (SSSR count). The molecule has 0 spiro atoms. The number of anilines is 2. The third kappa shape index (κ3) is 4.69. The lowest BCUT2D eigenvalue weighted by molar-refractivity contribution is -0.131. The van der Waals surface area contributed by atoms with Crippen LogP contribution in [0, 0.1) is 13.8 Å². The molecule has 0 aromatic heterocycles. The number of piperazine rings is 1. The summed E-state index contributed by atoms with van der Waals surface area (Å²) in [7, 11) is -3.66. The Labute approximate surface area is 202 Å². The zero-order valence-electron chi connectivity index (χ0n) is 20.4. The average molecular weight is 484 g/mol. The number of sulfone groups is 1. The second-order valence-electron chi connectivity index (χ2n) is 9.43. The molecule has 2 amide bonds. The Morgan fingerprint density at radius 3 is 2.26 bits per heavy atom. The zero-order chi connectivity index (χ0) is 24.6. The van der Waals surface area contributed by atoms with E-state index in [1.54, 1.807) is 34.9 Å². The summed E-state index contributed by atoms with van der Waals surface area (Å²) in [6, 6.07) is 11.3. The Hall–Kier alpha value is -2.87. The van der Waals surface area contributed by atoms with Crippen LogP contribution in [-0.2, 0) is 25.8 Å². The zero-order valence-corrected chi connectivity index (χ0v) is 21.2. The van der Waals surface area contributed by atoms with Gasteiger partial charge in [0.1, 0.15) is 0 Å². The Kier molecular flexibility index (Phi) is 6.71. The first-order valence-electron chi connectivity index (χ1n) is 11.8. The highest BCUT2D eigenvalue weighted by Crippen LogP contribution is 2.32. The lowest BCUT2D eigenvalue weighted by atomic mass is 10.1. The van der Waals surface area contributed by atoms with Gasteiger partial charge in [0.2, 0.25) is 11.8 Å². The van der Waals surface area contributed by atoms with E-state index in [9.17, 15) is 18.0 Å². The summed E-state index contributed by atoms with van der Waals surface area (Å²) in [5.41, 5.74) is 5.27.